The Morgan fingerprint density at radius 2 is 1.39 bits per heavy atom. The topological polar surface area (TPSA) is 104 Å². The van der Waals surface area contributed by atoms with Crippen molar-refractivity contribution in [1.29, 1.82) is 0 Å². The van der Waals surface area contributed by atoms with Crippen LogP contribution in [0, 0.1) is 23.6 Å². The van der Waals surface area contributed by atoms with E-state index in [1.54, 1.807) is 46.4 Å². The minimum atomic E-state index is -0.376. The van der Waals surface area contributed by atoms with Gasteiger partial charge in [-0.2, -0.15) is 0 Å². The van der Waals surface area contributed by atoms with Gasteiger partial charge in [-0.1, -0.05) is 30.3 Å². The molecule has 2 amide bonds. The van der Waals surface area contributed by atoms with Gasteiger partial charge in [0.25, 0.3) is 0 Å². The van der Waals surface area contributed by atoms with Gasteiger partial charge in [-0.15, -0.1) is 0 Å². The van der Waals surface area contributed by atoms with Crippen molar-refractivity contribution in [3.05, 3.63) is 76.9 Å². The maximum atomic E-state index is 16.6. The minimum Gasteiger partial charge on any atom is -0.481 e. The third kappa shape index (κ3) is 5.64. The molecule has 4 fully saturated rings. The maximum absolute atomic E-state index is 16.6. The normalized spacial score (nSPS) is 20.9. The van der Waals surface area contributed by atoms with Crippen molar-refractivity contribution in [3.8, 4) is 45.4 Å². The fraction of sp³-hybridized carbons (Fsp3) is 0.452. The number of rotatable bonds is 8. The van der Waals surface area contributed by atoms with Crippen LogP contribution in [0.5, 0.6) is 11.8 Å². The largest absolute Gasteiger partial charge is 0.481 e. The van der Waals surface area contributed by atoms with Crippen LogP contribution in [-0.2, 0) is 22.6 Å². The lowest BCUT2D eigenvalue weighted by Gasteiger charge is -2.61. The van der Waals surface area contributed by atoms with Gasteiger partial charge in [-0.25, -0.2) is 14.4 Å². The SMILES string of the molecule is COc1nc(-c2cccc(-c3cccc(-c4cc5c(c(OC)n4)[C@@H](N4CC6(CN(C(C)=O)C6)C4)CC5)c3C)c2F)cnc1CN1CC2(C1)CN(C(C)=O)C2. The Kier molecular flexibility index (Phi) is 8.27. The van der Waals surface area contributed by atoms with E-state index in [2.05, 4.69) is 15.9 Å². The van der Waals surface area contributed by atoms with Crippen LogP contribution < -0.4 is 9.47 Å². The van der Waals surface area contributed by atoms with E-state index in [9.17, 15) is 9.59 Å². The molecule has 2 aromatic heterocycles. The summed E-state index contributed by atoms with van der Waals surface area (Å²) in [6.45, 7) is 12.9. The smallest absolute Gasteiger partial charge is 0.237 e. The quantitative estimate of drug-likeness (QED) is 0.244. The highest BCUT2D eigenvalue weighted by molar-refractivity contribution is 5.80. The number of likely N-dealkylation sites (tertiary alicyclic amines) is 4. The summed E-state index contributed by atoms with van der Waals surface area (Å²) < 4.78 is 28.2. The molecule has 1 aliphatic carbocycles. The van der Waals surface area contributed by atoms with Crippen molar-refractivity contribution in [2.45, 2.75) is 46.2 Å². The summed E-state index contributed by atoms with van der Waals surface area (Å²) in [7, 11) is 3.25. The summed E-state index contributed by atoms with van der Waals surface area (Å²) in [5.74, 6) is 0.936. The predicted octanol–water partition coefficient (Wildman–Crippen LogP) is 5.15. The highest BCUT2D eigenvalue weighted by Gasteiger charge is 2.55. The number of nitrogens with zero attached hydrogens (tertiary/aromatic N) is 7. The second-order valence-electron chi connectivity index (χ2n) is 16.3. The molecule has 4 aromatic rings. The highest BCUT2D eigenvalue weighted by atomic mass is 19.1. The number of methoxy groups -OCH3 is 2. The molecule has 0 unspecified atom stereocenters. The van der Waals surface area contributed by atoms with Crippen LogP contribution in [-0.4, -0.2) is 113 Å². The molecule has 6 heterocycles. The predicted molar refractivity (Wildman–Crippen MR) is 201 cm³/mol. The first kappa shape index (κ1) is 34.8. The van der Waals surface area contributed by atoms with Gasteiger partial charge in [0.2, 0.25) is 23.6 Å². The molecule has 11 nitrogen and oxygen atoms in total. The van der Waals surface area contributed by atoms with Gasteiger partial charge in [-0.3, -0.25) is 24.4 Å². The van der Waals surface area contributed by atoms with Crippen LogP contribution in [0.2, 0.25) is 0 Å². The van der Waals surface area contributed by atoms with E-state index in [4.69, 9.17) is 24.4 Å². The number of fused-ring (bicyclic) bond motifs is 1. The number of benzene rings is 2. The third-order valence-corrected chi connectivity index (χ3v) is 12.5. The second-order valence-corrected chi connectivity index (χ2v) is 16.3. The van der Waals surface area contributed by atoms with Crippen molar-refractivity contribution in [2.75, 3.05) is 66.6 Å². The molecule has 4 saturated heterocycles. The van der Waals surface area contributed by atoms with E-state index in [0.29, 0.717) is 40.8 Å². The molecule has 5 aliphatic rings. The molecule has 54 heavy (non-hydrogen) atoms. The Morgan fingerprint density at radius 3 is 2.04 bits per heavy atom. The lowest BCUT2D eigenvalue weighted by atomic mass is 9.72. The molecule has 0 bridgehead atoms. The molecule has 12 heteroatoms. The van der Waals surface area contributed by atoms with E-state index < -0.39 is 0 Å². The van der Waals surface area contributed by atoms with Crippen molar-refractivity contribution in [3.63, 3.8) is 0 Å². The number of carbonyl (C=O) groups excluding carboxylic acids is 2. The zero-order chi connectivity index (χ0) is 37.5. The number of aromatic nitrogens is 3. The first-order valence-corrected chi connectivity index (χ1v) is 18.8. The van der Waals surface area contributed by atoms with Crippen molar-refractivity contribution in [1.82, 2.24) is 34.6 Å². The Morgan fingerprint density at radius 1 is 0.796 bits per heavy atom. The van der Waals surface area contributed by atoms with E-state index in [1.807, 2.05) is 41.0 Å². The van der Waals surface area contributed by atoms with E-state index in [0.717, 1.165) is 87.6 Å². The van der Waals surface area contributed by atoms with Gasteiger partial charge in [0.15, 0.2) is 0 Å². The molecule has 1 atom stereocenters. The standard InChI is InChI=1S/C42H46FN7O4/c1-25-29(8-6-9-30(25)33-14-28-12-13-36(37(28)40(45-33)54-5)50-23-42(24-50)21-49(22-42)27(3)52)31-10-7-11-32(38(31)43)34-15-44-35(39(46-34)53-4)16-47-17-41(18-47)19-48(20-41)26(2)51/h6-11,14-15,36H,12-13,16-24H2,1-5H3/t36-/m0/s1. The van der Waals surface area contributed by atoms with Gasteiger partial charge >= 0.3 is 0 Å². The fourth-order valence-electron chi connectivity index (χ4n) is 9.82. The van der Waals surface area contributed by atoms with Crippen LogP contribution in [0.25, 0.3) is 33.6 Å². The van der Waals surface area contributed by atoms with Gasteiger partial charge in [-0.05, 0) is 48.6 Å². The number of ether oxygens (including phenoxy) is 2. The maximum Gasteiger partial charge on any atom is 0.237 e. The number of carbonyl (C=O) groups is 2. The van der Waals surface area contributed by atoms with E-state index >= 15 is 4.39 Å². The summed E-state index contributed by atoms with van der Waals surface area (Å²) in [4.78, 5) is 46.5. The van der Waals surface area contributed by atoms with Crippen molar-refractivity contribution < 1.29 is 23.5 Å². The molecule has 2 spiro atoms. The molecule has 4 aliphatic heterocycles. The average molecular weight is 732 g/mol. The Balaban J connectivity index is 0.943. The first-order chi connectivity index (χ1) is 26.0. The molecular formula is C42H46FN7O4. The highest BCUT2D eigenvalue weighted by Crippen LogP contribution is 2.50. The monoisotopic (exact) mass is 731 g/mol. The number of aryl methyl sites for hydroxylation is 1. The van der Waals surface area contributed by atoms with E-state index in [1.165, 1.54) is 11.1 Å². The summed E-state index contributed by atoms with van der Waals surface area (Å²) in [5.41, 5.74) is 8.20. The summed E-state index contributed by atoms with van der Waals surface area (Å²) >= 11 is 0. The molecule has 0 N–H and O–H groups in total. The molecular weight excluding hydrogens is 686 g/mol. The molecule has 0 saturated carbocycles. The number of halogens is 1. The summed E-state index contributed by atoms with van der Waals surface area (Å²) in [6, 6.07) is 13.8. The molecule has 280 valence electrons. The number of hydrogen-bond donors (Lipinski definition) is 0. The molecule has 0 radical (unpaired) electrons. The summed E-state index contributed by atoms with van der Waals surface area (Å²) in [5, 5.41) is 0. The fourth-order valence-corrected chi connectivity index (χ4v) is 9.82. The summed E-state index contributed by atoms with van der Waals surface area (Å²) in [6.07, 6.45) is 3.57. The number of pyridine rings is 1. The van der Waals surface area contributed by atoms with Crippen LogP contribution >= 0.6 is 0 Å². The van der Waals surface area contributed by atoms with Gasteiger partial charge in [0.1, 0.15) is 11.5 Å². The van der Waals surface area contributed by atoms with Crippen LogP contribution in [0.4, 0.5) is 4.39 Å². The zero-order valence-corrected chi connectivity index (χ0v) is 31.6. The van der Waals surface area contributed by atoms with E-state index in [-0.39, 0.29) is 34.5 Å². The first-order valence-electron chi connectivity index (χ1n) is 18.8. The Hall–Kier alpha value is -4.94. The molecule has 2 aromatic carbocycles. The van der Waals surface area contributed by atoms with Gasteiger partial charge in [0.05, 0.1) is 31.8 Å². The zero-order valence-electron chi connectivity index (χ0n) is 31.6. The third-order valence-electron chi connectivity index (χ3n) is 12.5. The lowest BCUT2D eigenvalue weighted by molar-refractivity contribution is -0.161. The minimum absolute atomic E-state index is 0.127. The Labute approximate surface area is 315 Å². The Bertz CT molecular complexity index is 2180. The lowest BCUT2D eigenvalue weighted by Crippen LogP contribution is -2.72. The number of hydrogen-bond acceptors (Lipinski definition) is 9. The van der Waals surface area contributed by atoms with Gasteiger partial charge < -0.3 is 19.3 Å². The average Bonchev–Trinajstić information content (AvgIpc) is 3.51. The molecule has 9 rings (SSSR count). The number of amides is 2. The van der Waals surface area contributed by atoms with Crippen molar-refractivity contribution >= 4 is 11.8 Å². The van der Waals surface area contributed by atoms with Gasteiger partial charge in [0, 0.05) is 112 Å². The van der Waals surface area contributed by atoms with Crippen molar-refractivity contribution in [2.24, 2.45) is 10.8 Å². The second kappa shape index (κ2) is 12.8. The van der Waals surface area contributed by atoms with Crippen LogP contribution in [0.3, 0.4) is 0 Å². The van der Waals surface area contributed by atoms with Crippen LogP contribution in [0.1, 0.15) is 48.7 Å². The van der Waals surface area contributed by atoms with Crippen LogP contribution in [0.15, 0.2) is 48.7 Å².